The molecule has 9 nitrogen and oxygen atoms in total. The van der Waals surface area contributed by atoms with E-state index in [4.69, 9.17) is 23.9 Å². The maximum absolute atomic E-state index is 12.9. The highest BCUT2D eigenvalue weighted by atomic mass is 32.1. The van der Waals surface area contributed by atoms with Crippen LogP contribution >= 0.6 is 11.3 Å². The molecule has 0 saturated carbocycles. The molecule has 4 rings (SSSR count). The fourth-order valence-electron chi connectivity index (χ4n) is 4.50. The molecular weight excluding hydrogens is 506 g/mol. The van der Waals surface area contributed by atoms with E-state index >= 15 is 0 Å². The fraction of sp³-hybridized carbons (Fsp3) is 0.250. The number of carbonyl (C=O) groups excluding carboxylic acids is 2. The van der Waals surface area contributed by atoms with Gasteiger partial charge >= 0.3 is 11.9 Å². The van der Waals surface area contributed by atoms with Crippen LogP contribution < -0.4 is 20.1 Å². The Kier molecular flexibility index (Phi) is 8.02. The van der Waals surface area contributed by atoms with E-state index in [1.54, 1.807) is 28.1 Å². The highest BCUT2D eigenvalue weighted by Gasteiger charge is 2.38. The lowest BCUT2D eigenvalue weighted by Gasteiger charge is -2.31. The molecule has 198 valence electrons. The van der Waals surface area contributed by atoms with Gasteiger partial charge in [-0.05, 0) is 43.7 Å². The van der Waals surface area contributed by atoms with Crippen molar-refractivity contribution in [3.8, 4) is 22.8 Å². The largest absolute Gasteiger partial charge is 0.493 e. The zero-order valence-electron chi connectivity index (χ0n) is 22.0. The minimum atomic E-state index is -0.717. The molecule has 0 atom stereocenters. The Hall–Kier alpha value is -4.31. The monoisotopic (exact) mass is 535 g/mol. The van der Waals surface area contributed by atoms with Gasteiger partial charge in [0, 0.05) is 28.0 Å². The third kappa shape index (κ3) is 5.08. The summed E-state index contributed by atoms with van der Waals surface area (Å²) in [5.74, 6) is -0.540. The van der Waals surface area contributed by atoms with Crippen molar-refractivity contribution in [1.82, 2.24) is 10.3 Å². The van der Waals surface area contributed by atoms with Gasteiger partial charge < -0.3 is 29.6 Å². The summed E-state index contributed by atoms with van der Waals surface area (Å²) in [5, 5.41) is 9.07. The third-order valence-corrected chi connectivity index (χ3v) is 7.03. The van der Waals surface area contributed by atoms with Gasteiger partial charge in [0.1, 0.15) is 0 Å². The summed E-state index contributed by atoms with van der Waals surface area (Å²) in [7, 11) is 5.81. The lowest BCUT2D eigenvalue weighted by atomic mass is 9.79. The van der Waals surface area contributed by atoms with E-state index in [0.29, 0.717) is 50.4 Å². The maximum atomic E-state index is 12.9. The number of rotatable bonds is 8. The lowest BCUT2D eigenvalue weighted by molar-refractivity contribution is -0.137. The van der Waals surface area contributed by atoms with Gasteiger partial charge in [-0.2, -0.15) is 0 Å². The van der Waals surface area contributed by atoms with E-state index in [1.807, 2.05) is 47.8 Å². The van der Waals surface area contributed by atoms with Crippen LogP contribution in [0.5, 0.6) is 11.5 Å². The van der Waals surface area contributed by atoms with Gasteiger partial charge in [0.15, 0.2) is 16.6 Å². The molecular formula is C28H29N3O6S. The number of nitrogens with zero attached hydrogens (tertiary/aromatic N) is 1. The number of hydrogen-bond donors (Lipinski definition) is 2. The molecule has 2 aromatic carbocycles. The van der Waals surface area contributed by atoms with Crippen molar-refractivity contribution < 1.29 is 28.5 Å². The van der Waals surface area contributed by atoms with Gasteiger partial charge in [-0.3, -0.25) is 0 Å². The van der Waals surface area contributed by atoms with E-state index in [9.17, 15) is 9.59 Å². The summed E-state index contributed by atoms with van der Waals surface area (Å²) in [6.45, 7) is 3.56. The number of dihydropyridines is 1. The summed E-state index contributed by atoms with van der Waals surface area (Å²) in [6.07, 6.45) is 0. The topological polar surface area (TPSA) is 108 Å². The first kappa shape index (κ1) is 26.7. The SMILES string of the molecule is COC(=O)C1=C(C)NC(C)=C(C(=O)OC)C1c1ccccc1Nc1nc(-c2ccc(OC)c(OC)c2)cs1. The van der Waals surface area contributed by atoms with Gasteiger partial charge in [-0.1, -0.05) is 18.2 Å². The van der Waals surface area contributed by atoms with Crippen molar-refractivity contribution in [3.63, 3.8) is 0 Å². The molecule has 0 fully saturated rings. The highest BCUT2D eigenvalue weighted by Crippen LogP contribution is 2.43. The van der Waals surface area contributed by atoms with Gasteiger partial charge in [0.25, 0.3) is 0 Å². The number of carbonyl (C=O) groups is 2. The van der Waals surface area contributed by atoms with Crippen LogP contribution in [-0.2, 0) is 19.1 Å². The van der Waals surface area contributed by atoms with Crippen LogP contribution in [0.15, 0.2) is 70.4 Å². The standard InChI is InChI=1S/C28H29N3O6S/c1-15-23(26(32)36-5)25(24(16(2)29-15)27(33)37-6)18-9-7-8-10-19(18)30-28-31-20(14-38-28)17-11-12-21(34-3)22(13-17)35-4/h7-14,25,29H,1-6H3,(H,30,31). The minimum absolute atomic E-state index is 0.331. The molecule has 0 bridgehead atoms. The van der Waals surface area contributed by atoms with Crippen molar-refractivity contribution >= 4 is 34.1 Å². The Morgan fingerprint density at radius 1 is 0.895 bits per heavy atom. The Morgan fingerprint density at radius 3 is 2.13 bits per heavy atom. The summed E-state index contributed by atoms with van der Waals surface area (Å²) < 4.78 is 20.9. The summed E-state index contributed by atoms with van der Waals surface area (Å²) in [4.78, 5) is 30.6. The molecule has 2 heterocycles. The van der Waals surface area contributed by atoms with Crippen molar-refractivity contribution in [2.45, 2.75) is 19.8 Å². The number of thiazole rings is 1. The quantitative estimate of drug-likeness (QED) is 0.379. The number of hydrogen-bond acceptors (Lipinski definition) is 10. The number of aromatic nitrogens is 1. The number of nitrogens with one attached hydrogen (secondary N) is 2. The number of methoxy groups -OCH3 is 4. The van der Waals surface area contributed by atoms with Gasteiger partial charge in [-0.25, -0.2) is 14.6 Å². The first-order valence-electron chi connectivity index (χ1n) is 11.7. The zero-order chi connectivity index (χ0) is 27.4. The van der Waals surface area contributed by atoms with Crippen LogP contribution in [0.25, 0.3) is 11.3 Å². The smallest absolute Gasteiger partial charge is 0.336 e. The number of anilines is 2. The summed E-state index contributed by atoms with van der Waals surface area (Å²) >= 11 is 1.43. The Morgan fingerprint density at radius 2 is 1.53 bits per heavy atom. The minimum Gasteiger partial charge on any atom is -0.493 e. The van der Waals surface area contributed by atoms with Gasteiger partial charge in [-0.15, -0.1) is 11.3 Å². The molecule has 0 radical (unpaired) electrons. The Bertz CT molecular complexity index is 1400. The predicted molar refractivity (Wildman–Crippen MR) is 146 cm³/mol. The molecule has 0 spiro atoms. The second kappa shape index (κ2) is 11.4. The molecule has 0 unspecified atom stereocenters. The van der Waals surface area contributed by atoms with Crippen molar-refractivity contribution in [2.24, 2.45) is 0 Å². The summed E-state index contributed by atoms with van der Waals surface area (Å²) in [6, 6.07) is 13.1. The fourth-order valence-corrected chi connectivity index (χ4v) is 5.24. The van der Waals surface area contributed by atoms with E-state index in [2.05, 4.69) is 10.6 Å². The van der Waals surface area contributed by atoms with Crippen LogP contribution in [0.1, 0.15) is 25.3 Å². The predicted octanol–water partition coefficient (Wildman–Crippen LogP) is 5.15. The second-order valence-electron chi connectivity index (χ2n) is 8.44. The number of esters is 2. The average Bonchev–Trinajstić information content (AvgIpc) is 3.40. The average molecular weight is 536 g/mol. The van der Waals surface area contributed by atoms with Crippen molar-refractivity contribution in [1.29, 1.82) is 0 Å². The van der Waals surface area contributed by atoms with E-state index in [0.717, 1.165) is 11.3 Å². The molecule has 0 aliphatic carbocycles. The first-order valence-corrected chi connectivity index (χ1v) is 12.6. The van der Waals surface area contributed by atoms with Crippen LogP contribution in [0.4, 0.5) is 10.8 Å². The van der Waals surface area contributed by atoms with Crippen LogP contribution in [0.2, 0.25) is 0 Å². The maximum Gasteiger partial charge on any atom is 0.336 e. The molecule has 0 saturated heterocycles. The van der Waals surface area contributed by atoms with Crippen molar-refractivity contribution in [2.75, 3.05) is 33.8 Å². The van der Waals surface area contributed by atoms with E-state index < -0.39 is 17.9 Å². The lowest BCUT2D eigenvalue weighted by Crippen LogP contribution is -2.32. The number of para-hydroxylation sites is 1. The number of benzene rings is 2. The zero-order valence-corrected chi connectivity index (χ0v) is 22.8. The first-order chi connectivity index (χ1) is 18.3. The van der Waals surface area contributed by atoms with E-state index in [-0.39, 0.29) is 0 Å². The Balaban J connectivity index is 1.75. The normalized spacial score (nSPS) is 13.6. The van der Waals surface area contributed by atoms with Gasteiger partial charge in [0.05, 0.1) is 51.2 Å². The molecule has 1 aliphatic rings. The second-order valence-corrected chi connectivity index (χ2v) is 9.30. The molecule has 2 N–H and O–H groups in total. The number of ether oxygens (including phenoxy) is 4. The van der Waals surface area contributed by atoms with Gasteiger partial charge in [0.2, 0.25) is 0 Å². The molecule has 0 amide bonds. The third-order valence-electron chi connectivity index (χ3n) is 6.27. The molecule has 38 heavy (non-hydrogen) atoms. The van der Waals surface area contributed by atoms with Crippen molar-refractivity contribution in [3.05, 3.63) is 75.9 Å². The number of allylic oxidation sites excluding steroid dienone is 2. The van der Waals surface area contributed by atoms with Crippen LogP contribution in [0, 0.1) is 0 Å². The highest BCUT2D eigenvalue weighted by molar-refractivity contribution is 7.14. The Labute approximate surface area is 225 Å². The van der Waals surface area contributed by atoms with Crippen LogP contribution in [-0.4, -0.2) is 45.4 Å². The summed E-state index contributed by atoms with van der Waals surface area (Å²) in [5.41, 5.74) is 4.90. The molecule has 3 aromatic rings. The molecule has 10 heteroatoms. The molecule has 1 aromatic heterocycles. The van der Waals surface area contributed by atoms with Crippen LogP contribution in [0.3, 0.4) is 0 Å². The molecule has 1 aliphatic heterocycles. The van der Waals surface area contributed by atoms with E-state index in [1.165, 1.54) is 25.6 Å².